The molecule has 1 unspecified atom stereocenters. The fraction of sp³-hybridized carbons (Fsp3) is 0.250. The maximum atomic E-state index is 10.8. The van der Waals surface area contributed by atoms with E-state index in [1.54, 1.807) is 0 Å². The first-order valence-corrected chi connectivity index (χ1v) is 4.72. The van der Waals surface area contributed by atoms with Crippen LogP contribution in [-0.2, 0) is 4.79 Å². The van der Waals surface area contributed by atoms with E-state index in [1.165, 1.54) is 6.92 Å². The number of rotatable bonds is 3. The number of hydrogen-bond acceptors (Lipinski definition) is 2. The van der Waals surface area contributed by atoms with Crippen molar-refractivity contribution in [3.63, 3.8) is 0 Å². The van der Waals surface area contributed by atoms with Crippen molar-refractivity contribution in [3.05, 3.63) is 24.3 Å². The van der Waals surface area contributed by atoms with Gasteiger partial charge in [-0.1, -0.05) is 12.0 Å². The van der Waals surface area contributed by atoms with Gasteiger partial charge in [0, 0.05) is 18.3 Å². The Morgan fingerprint density at radius 3 is 2.73 bits per heavy atom. The third kappa shape index (κ3) is 3.74. The second-order valence-electron chi connectivity index (χ2n) is 3.29. The standard InChI is InChI=1S/C12H14N2O/c1-4-9(2)13-11-6-5-7-12(8-11)14-10(3)15/h1,5-9,13H,2-3H3,(H,14,15). The van der Waals surface area contributed by atoms with Crippen molar-refractivity contribution < 1.29 is 4.79 Å². The predicted octanol–water partition coefficient (Wildman–Crippen LogP) is 2.08. The largest absolute Gasteiger partial charge is 0.372 e. The molecule has 3 heteroatoms. The summed E-state index contributed by atoms with van der Waals surface area (Å²) >= 11 is 0. The third-order valence-electron chi connectivity index (χ3n) is 1.82. The molecule has 0 bridgehead atoms. The van der Waals surface area contributed by atoms with Crippen molar-refractivity contribution in [1.82, 2.24) is 0 Å². The fourth-order valence-corrected chi connectivity index (χ4v) is 1.18. The van der Waals surface area contributed by atoms with Gasteiger partial charge in [-0.3, -0.25) is 4.79 Å². The van der Waals surface area contributed by atoms with E-state index in [4.69, 9.17) is 6.42 Å². The minimum absolute atomic E-state index is 0.0300. The van der Waals surface area contributed by atoms with Crippen molar-refractivity contribution in [2.45, 2.75) is 19.9 Å². The number of benzene rings is 1. The molecule has 1 rings (SSSR count). The van der Waals surface area contributed by atoms with Gasteiger partial charge in [-0.05, 0) is 25.1 Å². The second-order valence-corrected chi connectivity index (χ2v) is 3.29. The molecule has 0 aliphatic rings. The monoisotopic (exact) mass is 202 g/mol. The molecule has 2 N–H and O–H groups in total. The van der Waals surface area contributed by atoms with Crippen LogP contribution < -0.4 is 10.6 Å². The van der Waals surface area contributed by atoms with Crippen molar-refractivity contribution in [2.75, 3.05) is 10.6 Å². The minimum atomic E-state index is -0.0860. The summed E-state index contributed by atoms with van der Waals surface area (Å²) in [6.07, 6.45) is 5.26. The molecule has 1 atom stereocenters. The third-order valence-corrected chi connectivity index (χ3v) is 1.82. The molecule has 0 aliphatic heterocycles. The number of carbonyl (C=O) groups excluding carboxylic acids is 1. The minimum Gasteiger partial charge on any atom is -0.372 e. The van der Waals surface area contributed by atoms with E-state index in [-0.39, 0.29) is 11.9 Å². The van der Waals surface area contributed by atoms with Crippen LogP contribution in [0, 0.1) is 12.3 Å². The van der Waals surface area contributed by atoms with Crippen molar-refractivity contribution >= 4 is 17.3 Å². The molecule has 78 valence electrons. The molecule has 0 spiro atoms. The van der Waals surface area contributed by atoms with Gasteiger partial charge in [0.15, 0.2) is 0 Å². The molecule has 0 saturated heterocycles. The number of terminal acetylenes is 1. The molecule has 1 amide bonds. The summed E-state index contributed by atoms with van der Waals surface area (Å²) < 4.78 is 0. The molecule has 1 aromatic rings. The van der Waals surface area contributed by atoms with E-state index < -0.39 is 0 Å². The lowest BCUT2D eigenvalue weighted by atomic mass is 10.2. The van der Waals surface area contributed by atoms with Gasteiger partial charge in [-0.25, -0.2) is 0 Å². The number of amides is 1. The highest BCUT2D eigenvalue weighted by Gasteiger charge is 1.99. The predicted molar refractivity (Wildman–Crippen MR) is 62.7 cm³/mol. The SMILES string of the molecule is C#CC(C)Nc1cccc(NC(C)=O)c1. The molecule has 3 nitrogen and oxygen atoms in total. The van der Waals surface area contributed by atoms with Gasteiger partial charge < -0.3 is 10.6 Å². The molecule has 0 fully saturated rings. The number of hydrogen-bond donors (Lipinski definition) is 2. The van der Waals surface area contributed by atoms with Crippen molar-refractivity contribution in [1.29, 1.82) is 0 Å². The van der Waals surface area contributed by atoms with Crippen LogP contribution in [0.15, 0.2) is 24.3 Å². The lowest BCUT2D eigenvalue weighted by Gasteiger charge is -2.10. The summed E-state index contributed by atoms with van der Waals surface area (Å²) in [7, 11) is 0. The lowest BCUT2D eigenvalue weighted by Crippen LogP contribution is -2.12. The zero-order valence-electron chi connectivity index (χ0n) is 8.87. The highest BCUT2D eigenvalue weighted by Crippen LogP contribution is 2.15. The quantitative estimate of drug-likeness (QED) is 0.737. The molecule has 0 saturated carbocycles. The zero-order valence-corrected chi connectivity index (χ0v) is 8.87. The fourth-order valence-electron chi connectivity index (χ4n) is 1.18. The summed E-state index contributed by atoms with van der Waals surface area (Å²) in [4.78, 5) is 10.8. The average molecular weight is 202 g/mol. The Morgan fingerprint density at radius 2 is 2.13 bits per heavy atom. The van der Waals surface area contributed by atoms with E-state index in [0.717, 1.165) is 11.4 Å². The maximum absolute atomic E-state index is 10.8. The number of carbonyl (C=O) groups is 1. The molecule has 15 heavy (non-hydrogen) atoms. The highest BCUT2D eigenvalue weighted by molar-refractivity contribution is 5.89. The summed E-state index contributed by atoms with van der Waals surface area (Å²) in [5.41, 5.74) is 1.66. The summed E-state index contributed by atoms with van der Waals surface area (Å²) in [5, 5.41) is 5.82. The maximum Gasteiger partial charge on any atom is 0.221 e. The molecule has 0 heterocycles. The molecule has 1 aromatic carbocycles. The van der Waals surface area contributed by atoms with E-state index in [9.17, 15) is 4.79 Å². The van der Waals surface area contributed by atoms with Crippen molar-refractivity contribution in [2.24, 2.45) is 0 Å². The Labute approximate surface area is 89.9 Å². The Morgan fingerprint density at radius 1 is 1.47 bits per heavy atom. The summed E-state index contributed by atoms with van der Waals surface area (Å²) in [6.45, 7) is 3.37. The molecule has 0 radical (unpaired) electrons. The van der Waals surface area contributed by atoms with Gasteiger partial charge in [0.25, 0.3) is 0 Å². The van der Waals surface area contributed by atoms with Gasteiger partial charge in [0.1, 0.15) is 0 Å². The lowest BCUT2D eigenvalue weighted by molar-refractivity contribution is -0.114. The van der Waals surface area contributed by atoms with Crippen LogP contribution in [0.3, 0.4) is 0 Å². The summed E-state index contributed by atoms with van der Waals surface area (Å²) in [6, 6.07) is 7.40. The van der Waals surface area contributed by atoms with Gasteiger partial charge in [-0.15, -0.1) is 6.42 Å². The molecule has 0 aromatic heterocycles. The van der Waals surface area contributed by atoms with Crippen LogP contribution in [0.1, 0.15) is 13.8 Å². The first-order valence-electron chi connectivity index (χ1n) is 4.72. The first kappa shape index (κ1) is 11.1. The van der Waals surface area contributed by atoms with Crippen LogP contribution in [-0.4, -0.2) is 11.9 Å². The highest BCUT2D eigenvalue weighted by atomic mass is 16.1. The van der Waals surface area contributed by atoms with Crippen LogP contribution in [0.2, 0.25) is 0 Å². The summed E-state index contributed by atoms with van der Waals surface area (Å²) in [5.74, 6) is 2.49. The Bertz CT molecular complexity index is 393. The van der Waals surface area contributed by atoms with Crippen molar-refractivity contribution in [3.8, 4) is 12.3 Å². The normalized spacial score (nSPS) is 11.3. The van der Waals surface area contributed by atoms with Crippen LogP contribution in [0.25, 0.3) is 0 Å². The van der Waals surface area contributed by atoms with E-state index in [0.29, 0.717) is 0 Å². The first-order chi connectivity index (χ1) is 7.11. The second kappa shape index (κ2) is 5.06. The Kier molecular flexibility index (Phi) is 3.75. The van der Waals surface area contributed by atoms with E-state index in [2.05, 4.69) is 16.6 Å². The molecular formula is C12H14N2O. The van der Waals surface area contributed by atoms with Crippen LogP contribution in [0.4, 0.5) is 11.4 Å². The Hall–Kier alpha value is -1.95. The van der Waals surface area contributed by atoms with Gasteiger partial charge in [-0.2, -0.15) is 0 Å². The van der Waals surface area contributed by atoms with Crippen LogP contribution >= 0.6 is 0 Å². The zero-order chi connectivity index (χ0) is 11.3. The molecule has 0 aliphatic carbocycles. The van der Waals surface area contributed by atoms with E-state index >= 15 is 0 Å². The van der Waals surface area contributed by atoms with E-state index in [1.807, 2.05) is 31.2 Å². The topological polar surface area (TPSA) is 41.1 Å². The average Bonchev–Trinajstić information content (AvgIpc) is 2.17. The number of nitrogens with one attached hydrogen (secondary N) is 2. The van der Waals surface area contributed by atoms with Gasteiger partial charge in [0.05, 0.1) is 6.04 Å². The molecular weight excluding hydrogens is 188 g/mol. The van der Waals surface area contributed by atoms with Crippen LogP contribution in [0.5, 0.6) is 0 Å². The smallest absolute Gasteiger partial charge is 0.221 e. The van der Waals surface area contributed by atoms with Gasteiger partial charge in [0.2, 0.25) is 5.91 Å². The Balaban J connectivity index is 2.75. The number of anilines is 2. The van der Waals surface area contributed by atoms with Gasteiger partial charge >= 0.3 is 0 Å².